The molecule has 1 spiro atoms. The fourth-order valence-corrected chi connectivity index (χ4v) is 4.38. The van der Waals surface area contributed by atoms with Crippen molar-refractivity contribution >= 4 is 23.9 Å². The van der Waals surface area contributed by atoms with E-state index in [1.165, 1.54) is 7.11 Å². The van der Waals surface area contributed by atoms with E-state index in [0.29, 0.717) is 29.9 Å². The molecule has 0 bridgehead atoms. The van der Waals surface area contributed by atoms with Crippen molar-refractivity contribution in [3.8, 4) is 0 Å². The molecule has 0 radical (unpaired) electrons. The number of nitrogens with zero attached hydrogens (tertiary/aromatic N) is 1. The van der Waals surface area contributed by atoms with Crippen LogP contribution in [0.3, 0.4) is 0 Å². The lowest BCUT2D eigenvalue weighted by Gasteiger charge is -2.40. The molecule has 1 aromatic rings. The highest BCUT2D eigenvalue weighted by Gasteiger charge is 2.53. The van der Waals surface area contributed by atoms with Crippen molar-refractivity contribution in [2.45, 2.75) is 58.6 Å². The normalized spacial score (nSPS) is 23.6. The Hall–Kier alpha value is -2.90. The number of nitrogens with one attached hydrogen (secondary N) is 1. The highest BCUT2D eigenvalue weighted by Crippen LogP contribution is 2.43. The van der Waals surface area contributed by atoms with Crippen LogP contribution in [0.15, 0.2) is 24.3 Å². The molecule has 1 aromatic carbocycles. The van der Waals surface area contributed by atoms with Crippen molar-refractivity contribution in [1.29, 1.82) is 0 Å². The van der Waals surface area contributed by atoms with Gasteiger partial charge in [-0.2, -0.15) is 0 Å². The SMILES string of the molecule is COC(=O)c1cccc(COC(=O)CN2C(=O)NC3(CCC(C(C)(C)C)CC3)C2=O)c1. The summed E-state index contributed by atoms with van der Waals surface area (Å²) >= 11 is 0. The number of benzene rings is 1. The molecule has 0 atom stereocenters. The maximum absolute atomic E-state index is 13.0. The molecule has 3 amide bonds. The molecule has 0 aromatic heterocycles. The topological polar surface area (TPSA) is 102 Å². The molecule has 168 valence electrons. The van der Waals surface area contributed by atoms with Gasteiger partial charge in [0.05, 0.1) is 12.7 Å². The molecular weight excluding hydrogens is 400 g/mol. The Balaban J connectivity index is 1.57. The van der Waals surface area contributed by atoms with E-state index in [1.807, 2.05) is 0 Å². The van der Waals surface area contributed by atoms with E-state index in [2.05, 4.69) is 30.8 Å². The zero-order valence-electron chi connectivity index (χ0n) is 18.5. The molecule has 1 N–H and O–H groups in total. The molecule has 1 heterocycles. The summed E-state index contributed by atoms with van der Waals surface area (Å²) in [4.78, 5) is 50.3. The van der Waals surface area contributed by atoms with Gasteiger partial charge >= 0.3 is 18.0 Å². The number of carbonyl (C=O) groups is 4. The summed E-state index contributed by atoms with van der Waals surface area (Å²) in [5.74, 6) is -1.04. The molecule has 1 saturated carbocycles. The molecule has 8 nitrogen and oxygen atoms in total. The van der Waals surface area contributed by atoms with E-state index >= 15 is 0 Å². The van der Waals surface area contributed by atoms with Gasteiger partial charge in [0.25, 0.3) is 5.91 Å². The van der Waals surface area contributed by atoms with Crippen LogP contribution in [0.1, 0.15) is 62.4 Å². The Kier molecular flexibility index (Phi) is 6.38. The summed E-state index contributed by atoms with van der Waals surface area (Å²) in [6, 6.07) is 5.97. The number of ether oxygens (including phenoxy) is 2. The monoisotopic (exact) mass is 430 g/mol. The molecule has 1 aliphatic carbocycles. The lowest BCUT2D eigenvalue weighted by molar-refractivity contribution is -0.149. The van der Waals surface area contributed by atoms with Crippen molar-refractivity contribution in [1.82, 2.24) is 10.2 Å². The molecule has 0 unspecified atom stereocenters. The van der Waals surface area contributed by atoms with E-state index in [9.17, 15) is 19.2 Å². The average Bonchev–Trinajstić information content (AvgIpc) is 2.95. The number of hydrogen-bond acceptors (Lipinski definition) is 6. The lowest BCUT2D eigenvalue weighted by Crippen LogP contribution is -2.50. The Labute approximate surface area is 182 Å². The zero-order valence-corrected chi connectivity index (χ0v) is 18.5. The standard InChI is InChI=1S/C23H30N2O6/c1-22(2,3)17-8-10-23(11-9-17)20(28)25(21(29)24-23)13-18(26)31-14-15-6-5-7-16(12-15)19(27)30-4/h5-7,12,17H,8-11,13-14H2,1-4H3,(H,24,29). The van der Waals surface area contributed by atoms with Gasteiger partial charge in [-0.3, -0.25) is 14.5 Å². The minimum absolute atomic E-state index is 0.0777. The van der Waals surface area contributed by atoms with E-state index in [-0.39, 0.29) is 17.9 Å². The van der Waals surface area contributed by atoms with Crippen molar-refractivity contribution in [3.05, 3.63) is 35.4 Å². The molecule has 3 rings (SSSR count). The van der Waals surface area contributed by atoms with Crippen LogP contribution in [0.5, 0.6) is 0 Å². The van der Waals surface area contributed by atoms with E-state index in [4.69, 9.17) is 4.74 Å². The second-order valence-electron chi connectivity index (χ2n) is 9.40. The first-order valence-corrected chi connectivity index (χ1v) is 10.5. The smallest absolute Gasteiger partial charge is 0.337 e. The number of methoxy groups -OCH3 is 1. The predicted octanol–water partition coefficient (Wildman–Crippen LogP) is 3.04. The third-order valence-corrected chi connectivity index (χ3v) is 6.34. The molecule has 8 heteroatoms. The molecule has 1 saturated heterocycles. The van der Waals surface area contributed by atoms with Gasteiger partial charge < -0.3 is 14.8 Å². The number of carbonyl (C=O) groups excluding carboxylic acids is 4. The molecule has 1 aliphatic heterocycles. The fourth-order valence-electron chi connectivity index (χ4n) is 4.38. The Bertz CT molecular complexity index is 880. The average molecular weight is 431 g/mol. The number of esters is 2. The first kappa shape index (κ1) is 22.8. The Morgan fingerprint density at radius 3 is 2.48 bits per heavy atom. The summed E-state index contributed by atoms with van der Waals surface area (Å²) in [6.07, 6.45) is 2.85. The second-order valence-corrected chi connectivity index (χ2v) is 9.40. The van der Waals surface area contributed by atoms with Crippen LogP contribution in [0.2, 0.25) is 0 Å². The lowest BCUT2D eigenvalue weighted by atomic mass is 9.67. The van der Waals surface area contributed by atoms with Crippen LogP contribution < -0.4 is 5.32 Å². The number of urea groups is 1. The summed E-state index contributed by atoms with van der Waals surface area (Å²) in [5, 5.41) is 2.82. The minimum Gasteiger partial charge on any atom is -0.465 e. The van der Waals surface area contributed by atoms with Gasteiger partial charge in [-0.1, -0.05) is 32.9 Å². The van der Waals surface area contributed by atoms with Crippen molar-refractivity contribution in [3.63, 3.8) is 0 Å². The van der Waals surface area contributed by atoms with Gasteiger partial charge in [-0.25, -0.2) is 9.59 Å². The van der Waals surface area contributed by atoms with Gasteiger partial charge in [-0.15, -0.1) is 0 Å². The van der Waals surface area contributed by atoms with Crippen molar-refractivity contribution in [2.24, 2.45) is 11.3 Å². The quantitative estimate of drug-likeness (QED) is 0.569. The van der Waals surface area contributed by atoms with E-state index < -0.39 is 30.1 Å². The van der Waals surface area contributed by atoms with E-state index in [1.54, 1.807) is 24.3 Å². The van der Waals surface area contributed by atoms with Crippen LogP contribution in [-0.4, -0.2) is 48.0 Å². The zero-order chi connectivity index (χ0) is 22.8. The predicted molar refractivity (Wildman–Crippen MR) is 112 cm³/mol. The van der Waals surface area contributed by atoms with Crippen molar-refractivity contribution < 1.29 is 28.7 Å². The summed E-state index contributed by atoms with van der Waals surface area (Å²) in [5.41, 5.74) is 0.193. The van der Waals surface area contributed by atoms with Crippen LogP contribution in [0, 0.1) is 11.3 Å². The van der Waals surface area contributed by atoms with E-state index in [0.717, 1.165) is 17.7 Å². The molecular formula is C23H30N2O6. The summed E-state index contributed by atoms with van der Waals surface area (Å²) < 4.78 is 9.90. The summed E-state index contributed by atoms with van der Waals surface area (Å²) in [7, 11) is 1.29. The largest absolute Gasteiger partial charge is 0.465 e. The number of amides is 3. The number of rotatable bonds is 5. The van der Waals surface area contributed by atoms with Gasteiger partial charge in [0.1, 0.15) is 18.7 Å². The third kappa shape index (κ3) is 4.89. The first-order chi connectivity index (χ1) is 14.6. The van der Waals surface area contributed by atoms with Gasteiger partial charge in [0, 0.05) is 0 Å². The van der Waals surface area contributed by atoms with Gasteiger partial charge in [0.15, 0.2) is 0 Å². The summed E-state index contributed by atoms with van der Waals surface area (Å²) in [6.45, 7) is 6.05. The minimum atomic E-state index is -0.909. The molecule has 31 heavy (non-hydrogen) atoms. The van der Waals surface area contributed by atoms with Crippen LogP contribution >= 0.6 is 0 Å². The second kappa shape index (κ2) is 8.69. The Morgan fingerprint density at radius 2 is 1.87 bits per heavy atom. The molecule has 2 aliphatic rings. The maximum atomic E-state index is 13.0. The third-order valence-electron chi connectivity index (χ3n) is 6.34. The van der Waals surface area contributed by atoms with Gasteiger partial charge in [0.2, 0.25) is 0 Å². The van der Waals surface area contributed by atoms with Crippen LogP contribution in [0.4, 0.5) is 4.79 Å². The number of imide groups is 1. The number of hydrogen-bond donors (Lipinski definition) is 1. The van der Waals surface area contributed by atoms with Crippen molar-refractivity contribution in [2.75, 3.05) is 13.7 Å². The maximum Gasteiger partial charge on any atom is 0.337 e. The first-order valence-electron chi connectivity index (χ1n) is 10.5. The van der Waals surface area contributed by atoms with Crippen LogP contribution in [-0.2, 0) is 25.7 Å². The fraction of sp³-hybridized carbons (Fsp3) is 0.565. The van der Waals surface area contributed by atoms with Gasteiger partial charge in [-0.05, 0) is 54.7 Å². The Morgan fingerprint density at radius 1 is 1.19 bits per heavy atom. The highest BCUT2D eigenvalue weighted by atomic mass is 16.5. The molecule has 2 fully saturated rings. The van der Waals surface area contributed by atoms with Crippen LogP contribution in [0.25, 0.3) is 0 Å². The highest BCUT2D eigenvalue weighted by molar-refractivity contribution is 6.08.